The smallest absolute Gasteiger partial charge is 0.255 e. The number of carbonyl (C=O) groups excluding carboxylic acids is 1. The summed E-state index contributed by atoms with van der Waals surface area (Å²) in [6.07, 6.45) is 3.38. The third-order valence-corrected chi connectivity index (χ3v) is 4.58. The lowest BCUT2D eigenvalue weighted by Gasteiger charge is -2.24. The van der Waals surface area contributed by atoms with E-state index >= 15 is 0 Å². The number of aromatic amines is 1. The summed E-state index contributed by atoms with van der Waals surface area (Å²) in [6, 6.07) is 10.8. The van der Waals surface area contributed by atoms with E-state index in [1.54, 1.807) is 11.1 Å². The van der Waals surface area contributed by atoms with E-state index < -0.39 is 5.82 Å². The zero-order valence-electron chi connectivity index (χ0n) is 13.4. The van der Waals surface area contributed by atoms with Gasteiger partial charge in [-0.1, -0.05) is 6.07 Å². The van der Waals surface area contributed by atoms with Crippen molar-refractivity contribution in [3.8, 4) is 0 Å². The van der Waals surface area contributed by atoms with Crippen molar-refractivity contribution in [2.24, 2.45) is 0 Å². The summed E-state index contributed by atoms with van der Waals surface area (Å²) < 4.78 is 13.7. The van der Waals surface area contributed by atoms with Gasteiger partial charge in [-0.25, -0.2) is 4.39 Å². The van der Waals surface area contributed by atoms with Gasteiger partial charge in [0.25, 0.3) is 5.91 Å². The average Bonchev–Trinajstić information content (AvgIpc) is 3.11. The molecule has 1 atom stereocenters. The average molecular weight is 337 g/mol. The summed E-state index contributed by atoms with van der Waals surface area (Å²) in [7, 11) is 0. The first-order chi connectivity index (χ1) is 12.1. The Morgan fingerprint density at radius 3 is 2.92 bits per heavy atom. The number of aromatic nitrogens is 2. The van der Waals surface area contributed by atoms with Crippen molar-refractivity contribution in [2.45, 2.75) is 18.9 Å². The number of hydrogen-bond acceptors (Lipinski definition) is 3. The predicted octanol–water partition coefficient (Wildman–Crippen LogP) is 3.04. The molecular formula is C19H16FN3O2. The van der Waals surface area contributed by atoms with Crippen LogP contribution in [0.1, 0.15) is 34.9 Å². The van der Waals surface area contributed by atoms with E-state index in [1.165, 1.54) is 24.3 Å². The highest BCUT2D eigenvalue weighted by molar-refractivity contribution is 6.06. The summed E-state index contributed by atoms with van der Waals surface area (Å²) in [5.41, 5.74) is 1.12. The van der Waals surface area contributed by atoms with Gasteiger partial charge in [-0.05, 0) is 43.2 Å². The van der Waals surface area contributed by atoms with E-state index in [1.807, 2.05) is 18.2 Å². The predicted molar refractivity (Wildman–Crippen MR) is 91.8 cm³/mol. The van der Waals surface area contributed by atoms with Crippen molar-refractivity contribution in [3.63, 3.8) is 0 Å². The van der Waals surface area contributed by atoms with Gasteiger partial charge in [-0.3, -0.25) is 14.6 Å². The van der Waals surface area contributed by atoms with Crippen LogP contribution in [0.15, 0.2) is 53.5 Å². The van der Waals surface area contributed by atoms with Crippen molar-refractivity contribution >= 4 is 16.8 Å². The fourth-order valence-electron chi connectivity index (χ4n) is 3.45. The normalized spacial score (nSPS) is 17.2. The second-order valence-electron chi connectivity index (χ2n) is 6.15. The maximum Gasteiger partial charge on any atom is 0.255 e. The Morgan fingerprint density at radius 2 is 2.12 bits per heavy atom. The molecule has 2 aromatic heterocycles. The number of pyridine rings is 2. The highest BCUT2D eigenvalue weighted by Crippen LogP contribution is 2.32. The molecule has 4 rings (SSSR count). The molecule has 3 aromatic rings. The highest BCUT2D eigenvalue weighted by Gasteiger charge is 2.32. The van der Waals surface area contributed by atoms with Gasteiger partial charge in [0, 0.05) is 29.7 Å². The molecule has 0 aliphatic carbocycles. The Bertz CT molecular complexity index is 1000. The number of halogens is 1. The van der Waals surface area contributed by atoms with Crippen molar-refractivity contribution < 1.29 is 9.18 Å². The molecule has 1 saturated heterocycles. The van der Waals surface area contributed by atoms with E-state index in [9.17, 15) is 14.0 Å². The molecule has 0 spiro atoms. The highest BCUT2D eigenvalue weighted by atomic mass is 19.1. The molecule has 0 bridgehead atoms. The third-order valence-electron chi connectivity index (χ3n) is 4.58. The number of hydrogen-bond donors (Lipinski definition) is 1. The van der Waals surface area contributed by atoms with Crippen molar-refractivity contribution in [1.82, 2.24) is 14.9 Å². The Hall–Kier alpha value is -3.02. The second kappa shape index (κ2) is 6.12. The minimum atomic E-state index is -0.448. The zero-order chi connectivity index (χ0) is 17.4. The molecule has 0 saturated carbocycles. The molecule has 1 aliphatic heterocycles. The number of amides is 1. The van der Waals surface area contributed by atoms with Gasteiger partial charge in [0.2, 0.25) is 5.56 Å². The molecular weight excluding hydrogens is 321 g/mol. The van der Waals surface area contributed by atoms with Crippen LogP contribution in [0.2, 0.25) is 0 Å². The van der Waals surface area contributed by atoms with Gasteiger partial charge >= 0.3 is 0 Å². The van der Waals surface area contributed by atoms with E-state index in [-0.39, 0.29) is 23.1 Å². The maximum atomic E-state index is 13.7. The second-order valence-corrected chi connectivity index (χ2v) is 6.15. The first kappa shape index (κ1) is 15.5. The number of rotatable bonds is 2. The fourth-order valence-corrected chi connectivity index (χ4v) is 3.45. The molecule has 6 heteroatoms. The number of nitrogens with zero attached hydrogens (tertiary/aromatic N) is 2. The summed E-state index contributed by atoms with van der Waals surface area (Å²) in [4.78, 5) is 33.8. The summed E-state index contributed by atoms with van der Waals surface area (Å²) in [5.74, 6) is -0.717. The molecule has 1 fully saturated rings. The van der Waals surface area contributed by atoms with Crippen molar-refractivity contribution in [2.75, 3.05) is 6.54 Å². The van der Waals surface area contributed by atoms with Crippen molar-refractivity contribution in [1.29, 1.82) is 0 Å². The van der Waals surface area contributed by atoms with E-state index in [2.05, 4.69) is 9.97 Å². The van der Waals surface area contributed by atoms with Gasteiger partial charge in [-0.15, -0.1) is 0 Å². The number of H-pyrrole nitrogens is 1. The van der Waals surface area contributed by atoms with E-state index in [0.29, 0.717) is 17.4 Å². The molecule has 3 heterocycles. The van der Waals surface area contributed by atoms with Gasteiger partial charge in [0.1, 0.15) is 5.82 Å². The number of benzene rings is 1. The van der Waals surface area contributed by atoms with Gasteiger partial charge < -0.3 is 9.88 Å². The van der Waals surface area contributed by atoms with Crippen LogP contribution in [0.5, 0.6) is 0 Å². The zero-order valence-corrected chi connectivity index (χ0v) is 13.4. The molecule has 0 unspecified atom stereocenters. The first-order valence-corrected chi connectivity index (χ1v) is 8.18. The largest absolute Gasteiger partial charge is 0.330 e. The Morgan fingerprint density at radius 1 is 1.24 bits per heavy atom. The molecule has 1 amide bonds. The Kier molecular flexibility index (Phi) is 3.80. The number of nitrogens with one attached hydrogen (secondary N) is 1. The molecule has 1 aliphatic rings. The molecule has 1 aromatic carbocycles. The minimum absolute atomic E-state index is 0.128. The monoisotopic (exact) mass is 337 g/mol. The van der Waals surface area contributed by atoms with E-state index in [4.69, 9.17) is 0 Å². The number of carbonyl (C=O) groups is 1. The maximum absolute atomic E-state index is 13.7. The van der Waals surface area contributed by atoms with Crippen LogP contribution in [0.3, 0.4) is 0 Å². The van der Waals surface area contributed by atoms with Crippen LogP contribution >= 0.6 is 0 Å². The topological polar surface area (TPSA) is 66.1 Å². The van der Waals surface area contributed by atoms with Gasteiger partial charge in [0.15, 0.2) is 0 Å². The van der Waals surface area contributed by atoms with Gasteiger partial charge in [-0.2, -0.15) is 0 Å². The molecule has 5 nitrogen and oxygen atoms in total. The quantitative estimate of drug-likeness (QED) is 0.782. The number of fused-ring (bicyclic) bond motifs is 1. The Balaban J connectivity index is 1.79. The molecule has 126 valence electrons. The lowest BCUT2D eigenvalue weighted by atomic mass is 10.1. The van der Waals surface area contributed by atoms with Crippen LogP contribution < -0.4 is 5.56 Å². The number of likely N-dealkylation sites (tertiary alicyclic amines) is 1. The SMILES string of the molecule is O=C(c1cc(=O)[nH]c2ccc(F)cc12)N1CCC[C@H]1c1ccccn1. The first-order valence-electron chi connectivity index (χ1n) is 8.18. The lowest BCUT2D eigenvalue weighted by molar-refractivity contribution is 0.0734. The molecule has 0 radical (unpaired) electrons. The summed E-state index contributed by atoms with van der Waals surface area (Å²) in [6.45, 7) is 0.587. The molecule has 1 N–H and O–H groups in total. The van der Waals surface area contributed by atoms with Crippen LogP contribution in [-0.4, -0.2) is 27.3 Å². The van der Waals surface area contributed by atoms with Crippen LogP contribution in [-0.2, 0) is 0 Å². The standard InChI is InChI=1S/C19H16FN3O2/c20-12-6-7-15-13(10-12)14(11-18(24)22-15)19(25)23-9-3-5-17(23)16-4-1-2-8-21-16/h1-2,4,6-8,10-11,17H,3,5,9H2,(H,22,24)/t17-/m0/s1. The van der Waals surface area contributed by atoms with Gasteiger partial charge in [0.05, 0.1) is 17.3 Å². The minimum Gasteiger partial charge on any atom is -0.330 e. The third kappa shape index (κ3) is 2.80. The summed E-state index contributed by atoms with van der Waals surface area (Å²) >= 11 is 0. The molecule has 25 heavy (non-hydrogen) atoms. The Labute approximate surface area is 143 Å². The van der Waals surface area contributed by atoms with Crippen molar-refractivity contribution in [3.05, 3.63) is 76.1 Å². The summed E-state index contributed by atoms with van der Waals surface area (Å²) in [5, 5.41) is 0.413. The fraction of sp³-hybridized carbons (Fsp3) is 0.211. The van der Waals surface area contributed by atoms with Crippen LogP contribution in [0.25, 0.3) is 10.9 Å². The van der Waals surface area contributed by atoms with Crippen LogP contribution in [0.4, 0.5) is 4.39 Å². The van der Waals surface area contributed by atoms with Crippen LogP contribution in [0, 0.1) is 5.82 Å². The lowest BCUT2D eigenvalue weighted by Crippen LogP contribution is -2.32. The van der Waals surface area contributed by atoms with E-state index in [0.717, 1.165) is 18.5 Å².